The first-order chi connectivity index (χ1) is 7.36. The lowest BCUT2D eigenvalue weighted by molar-refractivity contribution is 0.556. The van der Waals surface area contributed by atoms with Gasteiger partial charge in [-0.25, -0.2) is 0 Å². The Hall–Kier alpha value is -0.650. The van der Waals surface area contributed by atoms with E-state index in [-0.39, 0.29) is 0 Å². The van der Waals surface area contributed by atoms with E-state index in [1.165, 1.54) is 9.35 Å². The van der Waals surface area contributed by atoms with Crippen molar-refractivity contribution in [1.82, 2.24) is 15.1 Å². The molecule has 0 aliphatic carbocycles. The van der Waals surface area contributed by atoms with Gasteiger partial charge < -0.3 is 5.32 Å². The summed E-state index contributed by atoms with van der Waals surface area (Å²) in [6, 6.07) is 4.02. The molecule has 0 aliphatic rings. The summed E-state index contributed by atoms with van der Waals surface area (Å²) in [6.07, 6.45) is 3.78. The molecule has 0 aliphatic heterocycles. The lowest BCUT2D eigenvalue weighted by Crippen LogP contribution is -2.19. The molecule has 2 heterocycles. The molecule has 5 heteroatoms. The van der Waals surface area contributed by atoms with Crippen LogP contribution >= 0.6 is 27.3 Å². The minimum absolute atomic E-state index is 0.913. The van der Waals surface area contributed by atoms with Gasteiger partial charge in [-0.15, -0.1) is 11.3 Å². The summed E-state index contributed by atoms with van der Waals surface area (Å²) < 4.78 is 3.12. The van der Waals surface area contributed by atoms with Gasteiger partial charge in [-0.3, -0.25) is 4.68 Å². The Bertz CT molecular complexity index is 396. The molecule has 2 aromatic heterocycles. The third-order valence-electron chi connectivity index (χ3n) is 2.05. The molecule has 0 amide bonds. The monoisotopic (exact) mass is 285 g/mol. The van der Waals surface area contributed by atoms with Crippen LogP contribution in [0.15, 0.2) is 34.4 Å². The number of halogens is 1. The predicted octanol–water partition coefficient (Wildman–Crippen LogP) is 2.50. The fourth-order valence-electron chi connectivity index (χ4n) is 1.28. The molecule has 0 unspecified atom stereocenters. The van der Waals surface area contributed by atoms with Crippen LogP contribution in [-0.4, -0.2) is 16.3 Å². The van der Waals surface area contributed by atoms with Crippen molar-refractivity contribution in [2.75, 3.05) is 6.54 Å². The van der Waals surface area contributed by atoms with Crippen LogP contribution < -0.4 is 5.32 Å². The Labute approximate surface area is 101 Å². The number of aromatic nitrogens is 2. The highest BCUT2D eigenvalue weighted by Gasteiger charge is 1.99. The maximum atomic E-state index is 4.14. The Morgan fingerprint density at radius 2 is 2.47 bits per heavy atom. The fraction of sp³-hybridized carbons (Fsp3) is 0.300. The number of nitrogens with zero attached hydrogens (tertiary/aromatic N) is 2. The second kappa shape index (κ2) is 5.44. The molecule has 0 bridgehead atoms. The zero-order chi connectivity index (χ0) is 10.5. The minimum atomic E-state index is 0.913. The van der Waals surface area contributed by atoms with Crippen LogP contribution in [0.2, 0.25) is 0 Å². The van der Waals surface area contributed by atoms with Crippen LogP contribution in [-0.2, 0) is 13.1 Å². The highest BCUT2D eigenvalue weighted by molar-refractivity contribution is 9.10. The van der Waals surface area contributed by atoms with E-state index in [1.54, 1.807) is 17.5 Å². The van der Waals surface area contributed by atoms with Gasteiger partial charge in [0.1, 0.15) is 0 Å². The molecule has 1 N–H and O–H groups in total. The molecular formula is C10H12BrN3S. The topological polar surface area (TPSA) is 29.9 Å². The van der Waals surface area contributed by atoms with E-state index in [0.29, 0.717) is 0 Å². The molecule has 0 fully saturated rings. The number of hydrogen-bond donors (Lipinski definition) is 1. The van der Waals surface area contributed by atoms with E-state index in [4.69, 9.17) is 0 Å². The van der Waals surface area contributed by atoms with Gasteiger partial charge in [0.15, 0.2) is 0 Å². The smallest absolute Gasteiger partial charge is 0.0534 e. The zero-order valence-electron chi connectivity index (χ0n) is 8.19. The van der Waals surface area contributed by atoms with Crippen LogP contribution in [0.25, 0.3) is 0 Å². The van der Waals surface area contributed by atoms with E-state index in [0.717, 1.165) is 19.6 Å². The second-order valence-corrected chi connectivity index (χ2v) is 4.99. The number of nitrogens with one attached hydrogen (secondary N) is 1. The molecule has 0 spiro atoms. The molecule has 0 aromatic carbocycles. The Balaban J connectivity index is 1.70. The van der Waals surface area contributed by atoms with Gasteiger partial charge in [0.25, 0.3) is 0 Å². The molecule has 0 saturated carbocycles. The first kappa shape index (κ1) is 10.9. The van der Waals surface area contributed by atoms with E-state index in [1.807, 2.05) is 16.9 Å². The van der Waals surface area contributed by atoms with Gasteiger partial charge in [-0.1, -0.05) is 0 Å². The van der Waals surface area contributed by atoms with Crippen molar-refractivity contribution in [3.05, 3.63) is 39.3 Å². The molecule has 0 saturated heterocycles. The lowest BCUT2D eigenvalue weighted by Gasteiger charge is -2.03. The van der Waals surface area contributed by atoms with Crippen molar-refractivity contribution in [2.24, 2.45) is 0 Å². The highest BCUT2D eigenvalue weighted by atomic mass is 79.9. The van der Waals surface area contributed by atoms with Crippen LogP contribution in [0.1, 0.15) is 4.88 Å². The number of rotatable bonds is 5. The highest BCUT2D eigenvalue weighted by Crippen LogP contribution is 2.21. The van der Waals surface area contributed by atoms with Crippen molar-refractivity contribution in [3.63, 3.8) is 0 Å². The van der Waals surface area contributed by atoms with E-state index < -0.39 is 0 Å². The van der Waals surface area contributed by atoms with Gasteiger partial charge in [-0.2, -0.15) is 5.10 Å². The first-order valence-electron chi connectivity index (χ1n) is 4.76. The summed E-state index contributed by atoms with van der Waals surface area (Å²) in [5.41, 5.74) is 0. The van der Waals surface area contributed by atoms with Gasteiger partial charge in [0.2, 0.25) is 0 Å². The number of thiophene rings is 1. The normalized spacial score (nSPS) is 10.7. The molecule has 2 aromatic rings. The van der Waals surface area contributed by atoms with E-state index in [2.05, 4.69) is 37.8 Å². The summed E-state index contributed by atoms with van der Waals surface area (Å²) in [5, 5.41) is 9.62. The summed E-state index contributed by atoms with van der Waals surface area (Å²) in [7, 11) is 0. The van der Waals surface area contributed by atoms with Crippen molar-refractivity contribution in [3.8, 4) is 0 Å². The SMILES string of the molecule is Brc1ccsc1CNCCn1cccn1. The maximum absolute atomic E-state index is 4.14. The summed E-state index contributed by atoms with van der Waals surface area (Å²) in [6.45, 7) is 2.77. The average molecular weight is 286 g/mol. The molecule has 3 nitrogen and oxygen atoms in total. The Morgan fingerprint density at radius 3 is 3.13 bits per heavy atom. The van der Waals surface area contributed by atoms with E-state index >= 15 is 0 Å². The summed E-state index contributed by atoms with van der Waals surface area (Å²) in [5.74, 6) is 0. The van der Waals surface area contributed by atoms with Gasteiger partial charge >= 0.3 is 0 Å². The van der Waals surface area contributed by atoms with Gasteiger partial charge in [0.05, 0.1) is 6.54 Å². The third kappa shape index (κ3) is 3.15. The Kier molecular flexibility index (Phi) is 3.94. The van der Waals surface area contributed by atoms with Crippen molar-refractivity contribution in [2.45, 2.75) is 13.1 Å². The fourth-order valence-corrected chi connectivity index (χ4v) is 2.74. The van der Waals surface area contributed by atoms with E-state index in [9.17, 15) is 0 Å². The minimum Gasteiger partial charge on any atom is -0.310 e. The Morgan fingerprint density at radius 1 is 1.53 bits per heavy atom. The van der Waals surface area contributed by atoms with Crippen LogP contribution in [0.3, 0.4) is 0 Å². The zero-order valence-corrected chi connectivity index (χ0v) is 10.6. The summed E-state index contributed by atoms with van der Waals surface area (Å²) >= 11 is 5.28. The molecule has 0 radical (unpaired) electrons. The standard InChI is InChI=1S/C10H12BrN3S/c11-9-2-7-15-10(9)8-12-4-6-14-5-1-3-13-14/h1-3,5,7,12H,4,6,8H2. The van der Waals surface area contributed by atoms with Crippen LogP contribution in [0, 0.1) is 0 Å². The largest absolute Gasteiger partial charge is 0.310 e. The lowest BCUT2D eigenvalue weighted by atomic mass is 10.4. The number of hydrogen-bond acceptors (Lipinski definition) is 3. The molecule has 0 atom stereocenters. The molecule has 15 heavy (non-hydrogen) atoms. The third-order valence-corrected chi connectivity index (χ3v) is 3.98. The van der Waals surface area contributed by atoms with Crippen LogP contribution in [0.5, 0.6) is 0 Å². The van der Waals surface area contributed by atoms with Crippen molar-refractivity contribution < 1.29 is 0 Å². The second-order valence-electron chi connectivity index (χ2n) is 3.14. The van der Waals surface area contributed by atoms with Gasteiger partial charge in [0, 0.05) is 34.8 Å². The predicted molar refractivity (Wildman–Crippen MR) is 66.0 cm³/mol. The average Bonchev–Trinajstić information content (AvgIpc) is 2.85. The van der Waals surface area contributed by atoms with Crippen molar-refractivity contribution in [1.29, 1.82) is 0 Å². The molecular weight excluding hydrogens is 274 g/mol. The quantitative estimate of drug-likeness (QED) is 0.856. The maximum Gasteiger partial charge on any atom is 0.0534 e. The van der Waals surface area contributed by atoms with Gasteiger partial charge in [-0.05, 0) is 33.4 Å². The molecule has 80 valence electrons. The molecule has 2 rings (SSSR count). The van der Waals surface area contributed by atoms with Crippen LogP contribution in [0.4, 0.5) is 0 Å². The summed E-state index contributed by atoms with van der Waals surface area (Å²) in [4.78, 5) is 1.34. The first-order valence-corrected chi connectivity index (χ1v) is 6.43. The van der Waals surface area contributed by atoms with Crippen molar-refractivity contribution >= 4 is 27.3 Å².